The van der Waals surface area contributed by atoms with E-state index in [-0.39, 0.29) is 23.8 Å². The molecular weight excluding hydrogens is 316 g/mol. The number of carbonyl (C=O) groups is 1. The summed E-state index contributed by atoms with van der Waals surface area (Å²) in [7, 11) is 0. The third-order valence-electron chi connectivity index (χ3n) is 4.26. The van der Waals surface area contributed by atoms with Crippen LogP contribution in [0.5, 0.6) is 0 Å². The minimum atomic E-state index is -0.308. The van der Waals surface area contributed by atoms with Crippen molar-refractivity contribution in [1.82, 2.24) is 10.3 Å². The quantitative estimate of drug-likeness (QED) is 0.603. The van der Waals surface area contributed by atoms with Gasteiger partial charge in [-0.25, -0.2) is 0 Å². The maximum atomic E-state index is 12.4. The summed E-state index contributed by atoms with van der Waals surface area (Å²) in [6, 6.07) is 16.5. The van der Waals surface area contributed by atoms with E-state index in [0.29, 0.717) is 5.58 Å². The number of nitrogens with one attached hydrogen (secondary N) is 2. The van der Waals surface area contributed by atoms with E-state index in [9.17, 15) is 9.59 Å². The van der Waals surface area contributed by atoms with Crippen LogP contribution in [0.25, 0.3) is 21.9 Å². The Morgan fingerprint density at radius 2 is 1.96 bits per heavy atom. The molecule has 5 nitrogen and oxygen atoms in total. The van der Waals surface area contributed by atoms with Crippen LogP contribution in [0.3, 0.4) is 0 Å². The molecule has 0 atom stereocenters. The molecule has 4 rings (SSSR count). The van der Waals surface area contributed by atoms with Gasteiger partial charge < -0.3 is 14.7 Å². The Hall–Kier alpha value is -3.34. The number of amides is 1. The third kappa shape index (κ3) is 2.80. The Morgan fingerprint density at radius 1 is 1.12 bits per heavy atom. The maximum Gasteiger partial charge on any atom is 0.287 e. The number of carbonyl (C=O) groups excluding carboxylic acids is 1. The third-order valence-corrected chi connectivity index (χ3v) is 4.26. The predicted octanol–water partition coefficient (Wildman–Crippen LogP) is 3.51. The molecule has 2 heterocycles. The molecule has 124 valence electrons. The van der Waals surface area contributed by atoms with Gasteiger partial charge in [0.15, 0.2) is 5.76 Å². The molecule has 2 N–H and O–H groups in total. The lowest BCUT2D eigenvalue weighted by atomic mass is 10.1. The smallest absolute Gasteiger partial charge is 0.287 e. The van der Waals surface area contributed by atoms with Crippen molar-refractivity contribution in [2.45, 2.75) is 13.5 Å². The second kappa shape index (κ2) is 5.94. The number of para-hydroxylation sites is 2. The molecule has 4 aromatic rings. The molecule has 0 fully saturated rings. The van der Waals surface area contributed by atoms with Gasteiger partial charge >= 0.3 is 0 Å². The summed E-state index contributed by atoms with van der Waals surface area (Å²) in [5, 5.41) is 4.63. The van der Waals surface area contributed by atoms with E-state index < -0.39 is 0 Å². The van der Waals surface area contributed by atoms with Crippen LogP contribution in [0.2, 0.25) is 0 Å². The normalized spacial score (nSPS) is 11.1. The van der Waals surface area contributed by atoms with Gasteiger partial charge in [-0.1, -0.05) is 36.4 Å². The van der Waals surface area contributed by atoms with Gasteiger partial charge in [0.1, 0.15) is 5.58 Å². The van der Waals surface area contributed by atoms with Gasteiger partial charge in [0, 0.05) is 23.4 Å². The first-order valence-corrected chi connectivity index (χ1v) is 8.00. The number of rotatable bonds is 3. The zero-order valence-electron chi connectivity index (χ0n) is 13.6. The molecule has 0 saturated heterocycles. The van der Waals surface area contributed by atoms with Crippen LogP contribution in [0.4, 0.5) is 0 Å². The Labute approximate surface area is 143 Å². The monoisotopic (exact) mass is 332 g/mol. The fourth-order valence-electron chi connectivity index (χ4n) is 3.00. The van der Waals surface area contributed by atoms with Crippen LogP contribution in [-0.2, 0) is 6.54 Å². The topological polar surface area (TPSA) is 75.1 Å². The number of pyridine rings is 1. The van der Waals surface area contributed by atoms with E-state index in [1.165, 1.54) is 6.07 Å². The van der Waals surface area contributed by atoms with Crippen molar-refractivity contribution in [3.8, 4) is 0 Å². The minimum Gasteiger partial charge on any atom is -0.451 e. The van der Waals surface area contributed by atoms with Crippen molar-refractivity contribution in [3.05, 3.63) is 81.8 Å². The van der Waals surface area contributed by atoms with Crippen LogP contribution in [-0.4, -0.2) is 10.9 Å². The van der Waals surface area contributed by atoms with Crippen LogP contribution < -0.4 is 10.9 Å². The minimum absolute atomic E-state index is 0.185. The molecule has 5 heteroatoms. The lowest BCUT2D eigenvalue weighted by Crippen LogP contribution is -2.23. The number of hydrogen-bond acceptors (Lipinski definition) is 3. The van der Waals surface area contributed by atoms with E-state index in [2.05, 4.69) is 10.3 Å². The Balaban J connectivity index is 1.63. The molecule has 0 spiro atoms. The first kappa shape index (κ1) is 15.2. The van der Waals surface area contributed by atoms with Crippen molar-refractivity contribution >= 4 is 27.8 Å². The fraction of sp³-hybridized carbons (Fsp3) is 0.100. The fourth-order valence-corrected chi connectivity index (χ4v) is 3.00. The standard InChI is InChI=1S/C20H16N2O3/c1-12-5-4-7-15-14(10-18(23)22-19(12)15)11-21-20(24)17-9-13-6-2-3-8-16(13)25-17/h2-10H,11H2,1H3,(H,21,24)(H,22,23). The second-order valence-electron chi connectivity index (χ2n) is 5.99. The van der Waals surface area contributed by atoms with E-state index in [0.717, 1.165) is 27.4 Å². The lowest BCUT2D eigenvalue weighted by Gasteiger charge is -2.08. The summed E-state index contributed by atoms with van der Waals surface area (Å²) >= 11 is 0. The zero-order valence-corrected chi connectivity index (χ0v) is 13.6. The molecule has 25 heavy (non-hydrogen) atoms. The highest BCUT2D eigenvalue weighted by Gasteiger charge is 2.13. The zero-order chi connectivity index (χ0) is 17.4. The molecule has 2 aromatic heterocycles. The van der Waals surface area contributed by atoms with Crippen LogP contribution in [0, 0.1) is 6.92 Å². The van der Waals surface area contributed by atoms with Crippen molar-refractivity contribution in [2.24, 2.45) is 0 Å². The molecular formula is C20H16N2O3. The summed E-state index contributed by atoms with van der Waals surface area (Å²) in [6.07, 6.45) is 0. The van der Waals surface area contributed by atoms with Gasteiger partial charge in [0.05, 0.1) is 5.52 Å². The molecule has 0 aliphatic carbocycles. The van der Waals surface area contributed by atoms with Crippen molar-refractivity contribution in [2.75, 3.05) is 0 Å². The number of benzene rings is 2. The largest absolute Gasteiger partial charge is 0.451 e. The van der Waals surface area contributed by atoms with Crippen LogP contribution in [0.15, 0.2) is 63.8 Å². The molecule has 1 amide bonds. The van der Waals surface area contributed by atoms with Crippen molar-refractivity contribution in [3.63, 3.8) is 0 Å². The summed E-state index contributed by atoms with van der Waals surface area (Å²) in [5.74, 6) is -0.0520. The highest BCUT2D eigenvalue weighted by Crippen LogP contribution is 2.20. The number of fused-ring (bicyclic) bond motifs is 2. The van der Waals surface area contributed by atoms with Gasteiger partial charge in [-0.15, -0.1) is 0 Å². The number of aromatic amines is 1. The average molecular weight is 332 g/mol. The van der Waals surface area contributed by atoms with Crippen LogP contribution in [0.1, 0.15) is 21.7 Å². The number of H-pyrrole nitrogens is 1. The molecule has 0 bridgehead atoms. The summed E-state index contributed by atoms with van der Waals surface area (Å²) in [4.78, 5) is 27.1. The first-order valence-electron chi connectivity index (χ1n) is 8.00. The number of hydrogen-bond donors (Lipinski definition) is 2. The van der Waals surface area contributed by atoms with Gasteiger partial charge in [0.2, 0.25) is 5.56 Å². The Morgan fingerprint density at radius 3 is 2.80 bits per heavy atom. The number of aryl methyl sites for hydroxylation is 1. The van der Waals surface area contributed by atoms with Crippen molar-refractivity contribution in [1.29, 1.82) is 0 Å². The highest BCUT2D eigenvalue weighted by atomic mass is 16.3. The second-order valence-corrected chi connectivity index (χ2v) is 5.99. The number of furan rings is 1. The number of aromatic nitrogens is 1. The van der Waals surface area contributed by atoms with Crippen molar-refractivity contribution < 1.29 is 9.21 Å². The Kier molecular flexibility index (Phi) is 3.61. The highest BCUT2D eigenvalue weighted by molar-refractivity contribution is 5.96. The maximum absolute atomic E-state index is 12.4. The first-order chi connectivity index (χ1) is 12.1. The molecule has 0 aliphatic heterocycles. The van der Waals surface area contributed by atoms with E-state index in [1.54, 1.807) is 6.07 Å². The van der Waals surface area contributed by atoms with Crippen LogP contribution >= 0.6 is 0 Å². The summed E-state index contributed by atoms with van der Waals surface area (Å²) < 4.78 is 5.57. The van der Waals surface area contributed by atoms with Gasteiger partial charge in [-0.2, -0.15) is 0 Å². The summed E-state index contributed by atoms with van der Waals surface area (Å²) in [6.45, 7) is 2.19. The molecule has 0 saturated carbocycles. The average Bonchev–Trinajstić information content (AvgIpc) is 3.04. The van der Waals surface area contributed by atoms with E-state index in [4.69, 9.17) is 4.42 Å². The molecule has 0 unspecified atom stereocenters. The van der Waals surface area contributed by atoms with Gasteiger partial charge in [-0.3, -0.25) is 9.59 Å². The van der Waals surface area contributed by atoms with E-state index in [1.807, 2.05) is 49.4 Å². The molecule has 0 radical (unpaired) electrons. The Bertz CT molecular complexity index is 1120. The molecule has 2 aromatic carbocycles. The predicted molar refractivity (Wildman–Crippen MR) is 96.7 cm³/mol. The summed E-state index contributed by atoms with van der Waals surface area (Å²) in [5.41, 5.74) is 3.04. The SMILES string of the molecule is Cc1cccc2c(CNC(=O)c3cc4ccccc4o3)cc(=O)[nH]c12. The van der Waals surface area contributed by atoms with E-state index >= 15 is 0 Å². The van der Waals surface area contributed by atoms with Gasteiger partial charge in [-0.05, 0) is 30.2 Å². The lowest BCUT2D eigenvalue weighted by molar-refractivity contribution is 0.0925. The molecule has 0 aliphatic rings. The van der Waals surface area contributed by atoms with Gasteiger partial charge in [0.25, 0.3) is 5.91 Å².